The van der Waals surface area contributed by atoms with E-state index >= 15 is 0 Å². The molecule has 42 heavy (non-hydrogen) atoms. The molecule has 0 spiro atoms. The highest BCUT2D eigenvalue weighted by Crippen LogP contribution is 2.30. The maximum absolute atomic E-state index is 14.2. The van der Waals surface area contributed by atoms with Crippen LogP contribution in [-0.4, -0.2) is 42.1 Å². The minimum Gasteiger partial charge on any atom is -0.384 e. The van der Waals surface area contributed by atoms with E-state index in [0.717, 1.165) is 11.1 Å². The number of primary amides is 1. The Morgan fingerprint density at radius 2 is 1.43 bits per heavy atom. The van der Waals surface area contributed by atoms with Gasteiger partial charge >= 0.3 is 0 Å². The summed E-state index contributed by atoms with van der Waals surface area (Å²) in [5.41, 5.74) is 18.1. The number of carbonyl (C=O) groups excluding carboxylic acids is 3. The summed E-state index contributed by atoms with van der Waals surface area (Å²) in [7, 11) is 0. The molecule has 0 aliphatic rings. The van der Waals surface area contributed by atoms with Crippen LogP contribution >= 0.6 is 0 Å². The second kappa shape index (κ2) is 14.4. The molecule has 0 aliphatic carbocycles. The minimum atomic E-state index is -1.11. The lowest BCUT2D eigenvalue weighted by molar-refractivity contribution is -0.133. The maximum Gasteiger partial charge on any atom is 0.247 e. The third kappa shape index (κ3) is 8.40. The van der Waals surface area contributed by atoms with E-state index in [0.29, 0.717) is 30.5 Å². The van der Waals surface area contributed by atoms with Gasteiger partial charge in [-0.05, 0) is 42.9 Å². The van der Waals surface area contributed by atoms with Gasteiger partial charge < -0.3 is 33.2 Å². The van der Waals surface area contributed by atoms with Crippen LogP contribution in [-0.2, 0) is 26.2 Å². The number of hydrogen-bond donors (Lipinski definition) is 8. The molecule has 11 heteroatoms. The molecule has 3 rings (SSSR count). The topological polar surface area (TPSA) is 213 Å². The van der Waals surface area contributed by atoms with Crippen molar-refractivity contribution in [2.24, 2.45) is 17.2 Å². The van der Waals surface area contributed by atoms with Crippen LogP contribution in [0.15, 0.2) is 84.9 Å². The number of amides is 3. The van der Waals surface area contributed by atoms with Gasteiger partial charge in [-0.25, -0.2) is 0 Å². The predicted molar refractivity (Wildman–Crippen MR) is 163 cm³/mol. The van der Waals surface area contributed by atoms with Crippen molar-refractivity contribution in [1.29, 1.82) is 10.8 Å². The number of carbonyl (C=O) groups is 3. The van der Waals surface area contributed by atoms with E-state index in [2.05, 4.69) is 16.0 Å². The highest BCUT2D eigenvalue weighted by Gasteiger charge is 2.38. The normalized spacial score (nSPS) is 13.5. The van der Waals surface area contributed by atoms with Gasteiger partial charge in [0.05, 0.1) is 5.41 Å². The molecular weight excluding hydrogens is 532 g/mol. The predicted octanol–water partition coefficient (Wildman–Crippen LogP) is 1.56. The minimum absolute atomic E-state index is 0.0498. The van der Waals surface area contributed by atoms with Gasteiger partial charge in [0, 0.05) is 12.1 Å². The molecule has 0 saturated heterocycles. The van der Waals surface area contributed by atoms with Crippen molar-refractivity contribution >= 4 is 29.5 Å². The lowest BCUT2D eigenvalue weighted by Gasteiger charge is -2.32. The van der Waals surface area contributed by atoms with Gasteiger partial charge in [-0.3, -0.25) is 25.2 Å². The second-order valence-electron chi connectivity index (χ2n) is 10.2. The molecule has 3 aromatic rings. The standard InChI is InChI=1S/C31H38N8O3/c1-31(23-11-6-3-7-12-23,19-20-14-16-22(17-15-20)26(32)33)29(42)39-25(21-9-4-2-5-10-21)28(41)38-24(27(34)40)13-8-18-37-30(35)36/h2-7,9-12,14-17,24-25H,8,13,18-19H2,1H3,(H3,32,33)(H2,34,40)(H,38,41)(H,39,42)(H4,35,36,37)/t24-,25-,31+/m0/s1. The fourth-order valence-electron chi connectivity index (χ4n) is 4.64. The SMILES string of the molecule is C[C@](Cc1ccc(C(=N)N)cc1)(C(=O)N[C@H](C(=O)N[C@@H](CCCNC(=N)N)C(N)=O)c1ccccc1)c1ccccc1. The molecule has 0 radical (unpaired) electrons. The molecule has 0 fully saturated rings. The highest BCUT2D eigenvalue weighted by molar-refractivity contribution is 5.96. The summed E-state index contributed by atoms with van der Waals surface area (Å²) in [5, 5.41) is 23.2. The first-order valence-corrected chi connectivity index (χ1v) is 13.5. The summed E-state index contributed by atoms with van der Waals surface area (Å²) in [6.07, 6.45) is 0.941. The quantitative estimate of drug-likeness (QED) is 0.0817. The number of amidine groups is 1. The number of guanidine groups is 1. The third-order valence-corrected chi connectivity index (χ3v) is 7.05. The van der Waals surface area contributed by atoms with Crippen molar-refractivity contribution in [2.45, 2.75) is 43.7 Å². The number of nitrogens with one attached hydrogen (secondary N) is 5. The number of hydrogen-bond acceptors (Lipinski definition) is 5. The molecule has 0 bridgehead atoms. The van der Waals surface area contributed by atoms with Gasteiger partial charge in [0.1, 0.15) is 17.9 Å². The van der Waals surface area contributed by atoms with Gasteiger partial charge in [0.15, 0.2) is 5.96 Å². The average molecular weight is 571 g/mol. The zero-order valence-electron chi connectivity index (χ0n) is 23.5. The monoisotopic (exact) mass is 570 g/mol. The van der Waals surface area contributed by atoms with Crippen molar-refractivity contribution in [1.82, 2.24) is 16.0 Å². The molecule has 0 aliphatic heterocycles. The fourth-order valence-corrected chi connectivity index (χ4v) is 4.64. The number of rotatable bonds is 14. The van der Waals surface area contributed by atoms with E-state index in [1.54, 1.807) is 42.5 Å². The molecule has 3 amide bonds. The van der Waals surface area contributed by atoms with Gasteiger partial charge in [-0.1, -0.05) is 84.9 Å². The van der Waals surface area contributed by atoms with Crippen LogP contribution in [0, 0.1) is 10.8 Å². The van der Waals surface area contributed by atoms with Crippen molar-refractivity contribution < 1.29 is 14.4 Å². The largest absolute Gasteiger partial charge is 0.384 e. The summed E-state index contributed by atoms with van der Waals surface area (Å²) in [4.78, 5) is 39.9. The Kier molecular flexibility index (Phi) is 10.8. The van der Waals surface area contributed by atoms with Crippen molar-refractivity contribution in [3.8, 4) is 0 Å². The zero-order chi connectivity index (χ0) is 30.7. The van der Waals surface area contributed by atoms with Crippen LogP contribution in [0.5, 0.6) is 0 Å². The summed E-state index contributed by atoms with van der Waals surface area (Å²) in [6.45, 7) is 2.14. The first-order valence-electron chi connectivity index (χ1n) is 13.5. The Balaban J connectivity index is 1.90. The van der Waals surface area contributed by atoms with E-state index in [-0.39, 0.29) is 18.2 Å². The van der Waals surface area contributed by atoms with Crippen LogP contribution in [0.25, 0.3) is 0 Å². The summed E-state index contributed by atoms with van der Waals surface area (Å²) in [6, 6.07) is 23.0. The summed E-state index contributed by atoms with van der Waals surface area (Å²) in [5.74, 6) is -1.94. The van der Waals surface area contributed by atoms with E-state index in [9.17, 15) is 14.4 Å². The van der Waals surface area contributed by atoms with Crippen molar-refractivity contribution in [3.63, 3.8) is 0 Å². The zero-order valence-corrected chi connectivity index (χ0v) is 23.5. The van der Waals surface area contributed by atoms with Crippen LogP contribution in [0.3, 0.4) is 0 Å². The molecule has 0 saturated carbocycles. The Morgan fingerprint density at radius 1 is 0.833 bits per heavy atom. The molecule has 220 valence electrons. The van der Waals surface area contributed by atoms with Crippen LogP contribution in [0.1, 0.15) is 48.1 Å². The highest BCUT2D eigenvalue weighted by atomic mass is 16.2. The maximum atomic E-state index is 14.2. The van der Waals surface area contributed by atoms with Crippen LogP contribution < -0.4 is 33.2 Å². The Hall–Kier alpha value is -5.19. The Bertz CT molecular complexity index is 1400. The van der Waals surface area contributed by atoms with Gasteiger partial charge in [-0.2, -0.15) is 0 Å². The van der Waals surface area contributed by atoms with Crippen LogP contribution in [0.2, 0.25) is 0 Å². The van der Waals surface area contributed by atoms with Crippen LogP contribution in [0.4, 0.5) is 0 Å². The van der Waals surface area contributed by atoms with Gasteiger partial charge in [-0.15, -0.1) is 0 Å². The van der Waals surface area contributed by atoms with Gasteiger partial charge in [0.2, 0.25) is 17.7 Å². The Morgan fingerprint density at radius 3 is 1.98 bits per heavy atom. The van der Waals surface area contributed by atoms with E-state index in [1.165, 1.54) is 0 Å². The molecule has 0 unspecified atom stereocenters. The van der Waals surface area contributed by atoms with Crippen molar-refractivity contribution in [2.75, 3.05) is 6.54 Å². The molecule has 3 atom stereocenters. The number of nitrogen functional groups attached to an aromatic ring is 1. The third-order valence-electron chi connectivity index (χ3n) is 7.05. The van der Waals surface area contributed by atoms with Gasteiger partial charge in [0.25, 0.3) is 0 Å². The summed E-state index contributed by atoms with van der Waals surface area (Å²) >= 11 is 0. The van der Waals surface area contributed by atoms with Crippen molar-refractivity contribution in [3.05, 3.63) is 107 Å². The van der Waals surface area contributed by atoms with E-state index in [1.807, 2.05) is 49.4 Å². The summed E-state index contributed by atoms with van der Waals surface area (Å²) < 4.78 is 0. The lowest BCUT2D eigenvalue weighted by Crippen LogP contribution is -2.52. The first kappa shape index (κ1) is 31.3. The lowest BCUT2D eigenvalue weighted by atomic mass is 9.76. The first-order chi connectivity index (χ1) is 20.0. The molecule has 11 nitrogen and oxygen atoms in total. The second-order valence-corrected chi connectivity index (χ2v) is 10.2. The molecule has 0 aromatic heterocycles. The van der Waals surface area contributed by atoms with E-state index in [4.69, 9.17) is 28.0 Å². The molecule has 11 N–H and O–H groups in total. The molecule has 3 aromatic carbocycles. The fraction of sp³-hybridized carbons (Fsp3) is 0.258. The van der Waals surface area contributed by atoms with E-state index < -0.39 is 35.2 Å². The number of nitrogens with two attached hydrogens (primary N) is 3. The average Bonchev–Trinajstić information content (AvgIpc) is 2.98. The molecule has 0 heterocycles. The molecular formula is C31H38N8O3. The Labute approximate surface area is 245 Å². The smallest absolute Gasteiger partial charge is 0.247 e. The number of benzene rings is 3.